The lowest BCUT2D eigenvalue weighted by atomic mass is 10.0. The van der Waals surface area contributed by atoms with E-state index in [-0.39, 0.29) is 35.6 Å². The fourth-order valence-corrected chi connectivity index (χ4v) is 6.03. The molecule has 0 aromatic heterocycles. The number of nitrogens with one attached hydrogen (secondary N) is 1. The van der Waals surface area contributed by atoms with E-state index in [1.54, 1.807) is 28.6 Å². The monoisotopic (exact) mass is 394 g/mol. The molecular formula is C20H30N2O4S. The largest absolute Gasteiger partial charge is 0.368 e. The van der Waals surface area contributed by atoms with Crippen molar-refractivity contribution in [3.05, 3.63) is 24.3 Å². The van der Waals surface area contributed by atoms with Gasteiger partial charge in [0.1, 0.15) is 6.61 Å². The van der Waals surface area contributed by atoms with Gasteiger partial charge in [-0.15, -0.1) is 0 Å². The molecule has 0 spiro atoms. The van der Waals surface area contributed by atoms with E-state index in [4.69, 9.17) is 4.74 Å². The SMILES string of the molecule is C[C@H]1CCC[C@H](C)N1S(=O)(=O)c1ccc(NC(=O)COC2CCCC2)cc1. The summed E-state index contributed by atoms with van der Waals surface area (Å²) in [6.45, 7) is 3.96. The van der Waals surface area contributed by atoms with Gasteiger partial charge < -0.3 is 10.1 Å². The number of hydrogen-bond acceptors (Lipinski definition) is 4. The topological polar surface area (TPSA) is 75.7 Å². The minimum Gasteiger partial charge on any atom is -0.368 e. The number of carbonyl (C=O) groups is 1. The highest BCUT2D eigenvalue weighted by molar-refractivity contribution is 7.89. The lowest BCUT2D eigenvalue weighted by molar-refractivity contribution is -0.122. The average molecular weight is 395 g/mol. The highest BCUT2D eigenvalue weighted by Gasteiger charge is 2.35. The van der Waals surface area contributed by atoms with Crippen LogP contribution in [0.15, 0.2) is 29.2 Å². The van der Waals surface area contributed by atoms with Gasteiger partial charge in [0.25, 0.3) is 0 Å². The average Bonchev–Trinajstić information content (AvgIpc) is 3.14. The molecule has 0 unspecified atom stereocenters. The van der Waals surface area contributed by atoms with E-state index in [2.05, 4.69) is 5.32 Å². The Hall–Kier alpha value is -1.44. The maximum absolute atomic E-state index is 13.0. The summed E-state index contributed by atoms with van der Waals surface area (Å²) in [5.41, 5.74) is 0.578. The van der Waals surface area contributed by atoms with Gasteiger partial charge in [0.05, 0.1) is 11.0 Å². The first-order valence-corrected chi connectivity index (χ1v) is 11.4. The van der Waals surface area contributed by atoms with Crippen molar-refractivity contribution in [3.8, 4) is 0 Å². The predicted molar refractivity (Wildman–Crippen MR) is 105 cm³/mol. The maximum atomic E-state index is 13.0. The van der Waals surface area contributed by atoms with Crippen molar-refractivity contribution in [3.63, 3.8) is 0 Å². The molecule has 1 aromatic carbocycles. The molecule has 0 bridgehead atoms. The molecule has 1 N–H and O–H groups in total. The zero-order valence-electron chi connectivity index (χ0n) is 16.2. The molecule has 2 atom stereocenters. The third kappa shape index (κ3) is 4.89. The molecule has 2 aliphatic rings. The molecule has 150 valence electrons. The molecule has 7 heteroatoms. The van der Waals surface area contributed by atoms with Crippen LogP contribution in [0, 0.1) is 0 Å². The lowest BCUT2D eigenvalue weighted by Gasteiger charge is -2.37. The minimum absolute atomic E-state index is 0.00543. The Labute approximate surface area is 162 Å². The first-order chi connectivity index (χ1) is 12.9. The highest BCUT2D eigenvalue weighted by Crippen LogP contribution is 2.30. The van der Waals surface area contributed by atoms with Crippen molar-refractivity contribution in [1.29, 1.82) is 0 Å². The molecule has 1 heterocycles. The van der Waals surface area contributed by atoms with Gasteiger partial charge in [0.2, 0.25) is 15.9 Å². The molecule has 3 rings (SSSR count). The van der Waals surface area contributed by atoms with Crippen molar-refractivity contribution in [1.82, 2.24) is 4.31 Å². The molecular weight excluding hydrogens is 364 g/mol. The second kappa shape index (κ2) is 8.71. The van der Waals surface area contributed by atoms with Crippen LogP contribution >= 0.6 is 0 Å². The number of sulfonamides is 1. The van der Waals surface area contributed by atoms with E-state index in [1.807, 2.05) is 13.8 Å². The summed E-state index contributed by atoms with van der Waals surface area (Å²) in [5, 5.41) is 2.77. The number of piperidine rings is 1. The molecule has 0 radical (unpaired) electrons. The predicted octanol–water partition coefficient (Wildman–Crippen LogP) is 3.54. The van der Waals surface area contributed by atoms with Crippen molar-refractivity contribution in [2.75, 3.05) is 11.9 Å². The summed E-state index contributed by atoms with van der Waals surface area (Å²) < 4.78 is 33.2. The van der Waals surface area contributed by atoms with Crippen LogP contribution in [0.2, 0.25) is 0 Å². The van der Waals surface area contributed by atoms with Crippen LogP contribution in [-0.4, -0.2) is 43.4 Å². The summed E-state index contributed by atoms with van der Waals surface area (Å²) in [4.78, 5) is 12.3. The standard InChI is InChI=1S/C20H30N2O4S/c1-15-6-5-7-16(2)22(15)27(24,25)19-12-10-17(11-13-19)21-20(23)14-26-18-8-3-4-9-18/h10-13,15-16,18H,3-9,14H2,1-2H3,(H,21,23)/t15-,16-/m0/s1. The van der Waals surface area contributed by atoms with Crippen LogP contribution in [0.4, 0.5) is 5.69 Å². The molecule has 1 saturated carbocycles. The number of carbonyl (C=O) groups excluding carboxylic acids is 1. The normalized spacial score (nSPS) is 24.8. The molecule has 1 saturated heterocycles. The smallest absolute Gasteiger partial charge is 0.250 e. The van der Waals surface area contributed by atoms with Crippen LogP contribution < -0.4 is 5.32 Å². The maximum Gasteiger partial charge on any atom is 0.250 e. The van der Waals surface area contributed by atoms with E-state index in [0.717, 1.165) is 44.9 Å². The number of nitrogens with zero attached hydrogens (tertiary/aromatic N) is 1. The molecule has 1 aromatic rings. The Morgan fingerprint density at radius 1 is 1.04 bits per heavy atom. The fraction of sp³-hybridized carbons (Fsp3) is 0.650. The van der Waals surface area contributed by atoms with Gasteiger partial charge in [-0.1, -0.05) is 19.3 Å². The Bertz CT molecular complexity index is 732. The zero-order valence-corrected chi connectivity index (χ0v) is 17.0. The summed E-state index contributed by atoms with van der Waals surface area (Å²) in [6, 6.07) is 6.42. The number of ether oxygens (including phenoxy) is 1. The third-order valence-electron chi connectivity index (χ3n) is 5.58. The van der Waals surface area contributed by atoms with E-state index >= 15 is 0 Å². The second-order valence-electron chi connectivity index (χ2n) is 7.75. The Balaban J connectivity index is 1.61. The summed E-state index contributed by atoms with van der Waals surface area (Å²) in [5.74, 6) is -0.212. The quantitative estimate of drug-likeness (QED) is 0.801. The molecule has 1 aliphatic carbocycles. The van der Waals surface area contributed by atoms with Gasteiger partial charge >= 0.3 is 0 Å². The van der Waals surface area contributed by atoms with Crippen LogP contribution in [-0.2, 0) is 19.6 Å². The molecule has 1 aliphatic heterocycles. The van der Waals surface area contributed by atoms with Crippen molar-refractivity contribution in [2.45, 2.75) is 81.9 Å². The van der Waals surface area contributed by atoms with Gasteiger partial charge in [-0.25, -0.2) is 8.42 Å². The van der Waals surface area contributed by atoms with E-state index in [1.165, 1.54) is 0 Å². The summed E-state index contributed by atoms with van der Waals surface area (Å²) >= 11 is 0. The minimum atomic E-state index is -3.53. The molecule has 1 amide bonds. The number of rotatable bonds is 6. The van der Waals surface area contributed by atoms with Gasteiger partial charge in [0.15, 0.2) is 0 Å². The van der Waals surface area contributed by atoms with Gasteiger partial charge in [-0.2, -0.15) is 4.31 Å². The number of amides is 1. The zero-order chi connectivity index (χ0) is 19.4. The van der Waals surface area contributed by atoms with Crippen LogP contribution in [0.3, 0.4) is 0 Å². The first kappa shape index (κ1) is 20.3. The molecule has 2 fully saturated rings. The van der Waals surface area contributed by atoms with Crippen LogP contribution in [0.1, 0.15) is 58.8 Å². The summed E-state index contributed by atoms with van der Waals surface area (Å²) in [7, 11) is -3.53. The van der Waals surface area contributed by atoms with Crippen molar-refractivity contribution < 1.29 is 17.9 Å². The Kier molecular flexibility index (Phi) is 6.55. The molecule has 27 heavy (non-hydrogen) atoms. The second-order valence-corrected chi connectivity index (χ2v) is 9.60. The van der Waals surface area contributed by atoms with Crippen LogP contribution in [0.5, 0.6) is 0 Å². The van der Waals surface area contributed by atoms with Crippen molar-refractivity contribution >= 4 is 21.6 Å². The van der Waals surface area contributed by atoms with Gasteiger partial charge in [0, 0.05) is 17.8 Å². The van der Waals surface area contributed by atoms with Gasteiger partial charge in [-0.05, 0) is 63.8 Å². The number of hydrogen-bond donors (Lipinski definition) is 1. The summed E-state index contributed by atoms with van der Waals surface area (Å²) in [6.07, 6.45) is 7.39. The third-order valence-corrected chi connectivity index (χ3v) is 7.72. The van der Waals surface area contributed by atoms with E-state index in [9.17, 15) is 13.2 Å². The number of benzene rings is 1. The molecule has 6 nitrogen and oxygen atoms in total. The van der Waals surface area contributed by atoms with Gasteiger partial charge in [-0.3, -0.25) is 4.79 Å². The van der Waals surface area contributed by atoms with Crippen molar-refractivity contribution in [2.24, 2.45) is 0 Å². The number of anilines is 1. The Morgan fingerprint density at radius 2 is 1.63 bits per heavy atom. The highest BCUT2D eigenvalue weighted by atomic mass is 32.2. The van der Waals surface area contributed by atoms with E-state index in [0.29, 0.717) is 5.69 Å². The fourth-order valence-electron chi connectivity index (χ4n) is 4.15. The van der Waals surface area contributed by atoms with Crippen LogP contribution in [0.25, 0.3) is 0 Å². The lowest BCUT2D eigenvalue weighted by Crippen LogP contribution is -2.47. The Morgan fingerprint density at radius 3 is 2.22 bits per heavy atom. The van der Waals surface area contributed by atoms with E-state index < -0.39 is 10.0 Å². The first-order valence-electron chi connectivity index (χ1n) is 9.93.